The summed E-state index contributed by atoms with van der Waals surface area (Å²) in [4.78, 5) is 4.52. The maximum Gasteiger partial charge on any atom is 0.0952 e. The summed E-state index contributed by atoms with van der Waals surface area (Å²) in [6.45, 7) is 6.88. The van der Waals surface area contributed by atoms with Gasteiger partial charge in [0.1, 0.15) is 0 Å². The van der Waals surface area contributed by atoms with Gasteiger partial charge < -0.3 is 14.6 Å². The number of hydrogen-bond acceptors (Lipinski definition) is 3. The Morgan fingerprint density at radius 3 is 3.05 bits per heavy atom. The van der Waals surface area contributed by atoms with Gasteiger partial charge >= 0.3 is 0 Å². The van der Waals surface area contributed by atoms with E-state index >= 15 is 0 Å². The van der Waals surface area contributed by atoms with Gasteiger partial charge in [-0.2, -0.15) is 0 Å². The molecule has 0 bridgehead atoms. The SMILES string of the molecule is CCCCOCCNCCn1cnc2c1CCCC2. The summed E-state index contributed by atoms with van der Waals surface area (Å²) in [6.07, 6.45) is 9.38. The van der Waals surface area contributed by atoms with Crippen molar-refractivity contribution in [3.8, 4) is 0 Å². The lowest BCUT2D eigenvalue weighted by Gasteiger charge is -2.14. The fourth-order valence-electron chi connectivity index (χ4n) is 2.54. The van der Waals surface area contributed by atoms with Crippen LogP contribution in [0.25, 0.3) is 0 Å². The summed E-state index contributed by atoms with van der Waals surface area (Å²) in [5.41, 5.74) is 2.79. The zero-order valence-corrected chi connectivity index (χ0v) is 12.2. The Kier molecular flexibility index (Phi) is 6.37. The minimum atomic E-state index is 0.821. The molecule has 0 unspecified atom stereocenters. The van der Waals surface area contributed by atoms with Crippen LogP contribution in [0.2, 0.25) is 0 Å². The minimum absolute atomic E-state index is 0.821. The van der Waals surface area contributed by atoms with Crippen molar-refractivity contribution in [2.75, 3.05) is 26.3 Å². The zero-order valence-electron chi connectivity index (χ0n) is 12.2. The first-order valence-corrected chi connectivity index (χ1v) is 7.73. The lowest BCUT2D eigenvalue weighted by molar-refractivity contribution is 0.133. The second kappa shape index (κ2) is 8.33. The van der Waals surface area contributed by atoms with Gasteiger partial charge in [-0.25, -0.2) is 4.98 Å². The molecule has 1 N–H and O–H groups in total. The highest BCUT2D eigenvalue weighted by Gasteiger charge is 2.14. The van der Waals surface area contributed by atoms with E-state index in [0.29, 0.717) is 0 Å². The van der Waals surface area contributed by atoms with Crippen molar-refractivity contribution in [1.82, 2.24) is 14.9 Å². The maximum absolute atomic E-state index is 5.52. The Hall–Kier alpha value is -0.870. The van der Waals surface area contributed by atoms with Gasteiger partial charge in [-0.05, 0) is 32.1 Å². The Morgan fingerprint density at radius 2 is 2.16 bits per heavy atom. The van der Waals surface area contributed by atoms with Crippen LogP contribution in [-0.4, -0.2) is 35.9 Å². The summed E-state index contributed by atoms with van der Waals surface area (Å²) in [5.74, 6) is 0. The standard InChI is InChI=1S/C15H27N3O/c1-2-3-11-19-12-9-16-8-10-18-13-17-14-6-4-5-7-15(14)18/h13,16H,2-12H2,1H3. The van der Waals surface area contributed by atoms with Gasteiger partial charge in [0, 0.05) is 31.9 Å². The van der Waals surface area contributed by atoms with E-state index in [1.54, 1.807) is 0 Å². The van der Waals surface area contributed by atoms with Crippen LogP contribution in [0.4, 0.5) is 0 Å². The minimum Gasteiger partial charge on any atom is -0.380 e. The van der Waals surface area contributed by atoms with Crippen molar-refractivity contribution in [3.05, 3.63) is 17.7 Å². The number of nitrogens with one attached hydrogen (secondary N) is 1. The van der Waals surface area contributed by atoms with Gasteiger partial charge in [0.05, 0.1) is 18.6 Å². The average Bonchev–Trinajstić information content (AvgIpc) is 2.85. The Balaban J connectivity index is 1.57. The number of rotatable bonds is 9. The van der Waals surface area contributed by atoms with Crippen molar-refractivity contribution in [2.45, 2.75) is 52.0 Å². The number of ether oxygens (including phenoxy) is 1. The number of aryl methyl sites for hydroxylation is 1. The molecule has 0 atom stereocenters. The highest BCUT2D eigenvalue weighted by molar-refractivity contribution is 5.16. The van der Waals surface area contributed by atoms with Crippen molar-refractivity contribution < 1.29 is 4.74 Å². The molecule has 108 valence electrons. The molecule has 1 heterocycles. The zero-order chi connectivity index (χ0) is 13.3. The molecule has 1 aliphatic carbocycles. The number of nitrogens with zero attached hydrogens (tertiary/aromatic N) is 2. The molecule has 0 radical (unpaired) electrons. The molecule has 0 aromatic carbocycles. The summed E-state index contributed by atoms with van der Waals surface area (Å²) < 4.78 is 7.84. The van der Waals surface area contributed by atoms with Crippen LogP contribution < -0.4 is 5.32 Å². The van der Waals surface area contributed by atoms with Crippen molar-refractivity contribution >= 4 is 0 Å². The fourth-order valence-corrected chi connectivity index (χ4v) is 2.54. The highest BCUT2D eigenvalue weighted by atomic mass is 16.5. The highest BCUT2D eigenvalue weighted by Crippen LogP contribution is 2.19. The molecular weight excluding hydrogens is 238 g/mol. The number of aromatic nitrogens is 2. The first-order chi connectivity index (χ1) is 9.42. The normalized spacial score (nSPS) is 14.6. The van der Waals surface area contributed by atoms with Gasteiger partial charge in [-0.3, -0.25) is 0 Å². The van der Waals surface area contributed by atoms with Crippen molar-refractivity contribution in [1.29, 1.82) is 0 Å². The molecule has 1 aromatic rings. The smallest absolute Gasteiger partial charge is 0.0952 e. The third-order valence-corrected chi connectivity index (χ3v) is 3.70. The predicted octanol–water partition coefficient (Wildman–Crippen LogP) is 2.17. The average molecular weight is 265 g/mol. The van der Waals surface area contributed by atoms with E-state index in [1.807, 2.05) is 6.33 Å². The van der Waals surface area contributed by atoms with Gasteiger partial charge in [-0.15, -0.1) is 0 Å². The molecule has 0 fully saturated rings. The lowest BCUT2D eigenvalue weighted by Crippen LogP contribution is -2.24. The number of unbranched alkanes of at least 4 members (excludes halogenated alkanes) is 1. The lowest BCUT2D eigenvalue weighted by atomic mass is 10.0. The van der Waals surface area contributed by atoms with Gasteiger partial charge in [-0.1, -0.05) is 13.3 Å². The fraction of sp³-hybridized carbons (Fsp3) is 0.800. The molecular formula is C15H27N3O. The summed E-state index contributed by atoms with van der Waals surface area (Å²) in [7, 11) is 0. The monoisotopic (exact) mass is 265 g/mol. The maximum atomic E-state index is 5.52. The second-order valence-corrected chi connectivity index (χ2v) is 5.25. The summed E-state index contributed by atoms with van der Waals surface area (Å²) >= 11 is 0. The van der Waals surface area contributed by atoms with Gasteiger partial charge in [0.2, 0.25) is 0 Å². The van der Waals surface area contributed by atoms with Crippen LogP contribution in [0.5, 0.6) is 0 Å². The summed E-state index contributed by atoms with van der Waals surface area (Å²) in [5, 5.41) is 3.43. The molecule has 19 heavy (non-hydrogen) atoms. The molecule has 0 saturated carbocycles. The first-order valence-electron chi connectivity index (χ1n) is 7.73. The molecule has 4 heteroatoms. The molecule has 1 aromatic heterocycles. The molecule has 0 amide bonds. The molecule has 2 rings (SSSR count). The van der Waals surface area contributed by atoms with Crippen molar-refractivity contribution in [2.24, 2.45) is 0 Å². The van der Waals surface area contributed by atoms with Crippen LogP contribution in [0.1, 0.15) is 44.0 Å². The van der Waals surface area contributed by atoms with E-state index in [0.717, 1.165) is 32.8 Å². The Labute approximate surface area is 116 Å². The van der Waals surface area contributed by atoms with Crippen LogP contribution >= 0.6 is 0 Å². The molecule has 0 spiro atoms. The second-order valence-electron chi connectivity index (χ2n) is 5.25. The van der Waals surface area contributed by atoms with Crippen LogP contribution in [-0.2, 0) is 24.1 Å². The van der Waals surface area contributed by atoms with E-state index in [4.69, 9.17) is 4.74 Å². The third kappa shape index (κ3) is 4.62. The summed E-state index contributed by atoms with van der Waals surface area (Å²) in [6, 6.07) is 0. The van der Waals surface area contributed by atoms with Gasteiger partial charge in [0.25, 0.3) is 0 Å². The first kappa shape index (κ1) is 14.5. The molecule has 0 saturated heterocycles. The molecule has 4 nitrogen and oxygen atoms in total. The predicted molar refractivity (Wildman–Crippen MR) is 77.5 cm³/mol. The van der Waals surface area contributed by atoms with Crippen molar-refractivity contribution in [3.63, 3.8) is 0 Å². The van der Waals surface area contributed by atoms with Crippen LogP contribution in [0.15, 0.2) is 6.33 Å². The largest absolute Gasteiger partial charge is 0.380 e. The Bertz CT molecular complexity index is 362. The number of imidazole rings is 1. The van der Waals surface area contributed by atoms with E-state index in [9.17, 15) is 0 Å². The van der Waals surface area contributed by atoms with E-state index in [2.05, 4.69) is 21.8 Å². The van der Waals surface area contributed by atoms with E-state index < -0.39 is 0 Å². The van der Waals surface area contributed by atoms with E-state index in [1.165, 1.54) is 49.9 Å². The van der Waals surface area contributed by atoms with Gasteiger partial charge in [0.15, 0.2) is 0 Å². The third-order valence-electron chi connectivity index (χ3n) is 3.70. The molecule has 1 aliphatic rings. The van der Waals surface area contributed by atoms with E-state index in [-0.39, 0.29) is 0 Å². The molecule has 0 aliphatic heterocycles. The van der Waals surface area contributed by atoms with Crippen LogP contribution in [0.3, 0.4) is 0 Å². The van der Waals surface area contributed by atoms with Crippen LogP contribution in [0, 0.1) is 0 Å². The topological polar surface area (TPSA) is 39.1 Å². The Morgan fingerprint density at radius 1 is 1.26 bits per heavy atom. The number of fused-ring (bicyclic) bond motifs is 1. The quantitative estimate of drug-likeness (QED) is 0.696. The number of hydrogen-bond donors (Lipinski definition) is 1.